The van der Waals surface area contributed by atoms with Crippen LogP contribution in [0.2, 0.25) is 5.02 Å². The van der Waals surface area contributed by atoms with Crippen LogP contribution in [0.15, 0.2) is 78.9 Å². The minimum absolute atomic E-state index is 0.00620. The molecule has 1 unspecified atom stereocenters. The zero-order valence-corrected chi connectivity index (χ0v) is 21.5. The topological polar surface area (TPSA) is 49.4 Å². The Morgan fingerprint density at radius 2 is 1.66 bits per heavy atom. The molecule has 35 heavy (non-hydrogen) atoms. The molecule has 184 valence electrons. The average molecular weight is 513 g/mol. The molecule has 0 spiro atoms. The number of amides is 2. The van der Waals surface area contributed by atoms with Crippen LogP contribution in [0.4, 0.5) is 4.39 Å². The summed E-state index contributed by atoms with van der Waals surface area (Å²) in [6.07, 6.45) is 0.332. The number of nitrogens with zero attached hydrogens (tertiary/aromatic N) is 1. The molecule has 1 N–H and O–H groups in total. The van der Waals surface area contributed by atoms with E-state index in [4.69, 9.17) is 11.6 Å². The van der Waals surface area contributed by atoms with Crippen LogP contribution in [0.5, 0.6) is 0 Å². The fourth-order valence-corrected chi connectivity index (χ4v) is 4.78. The Balaban J connectivity index is 1.85. The van der Waals surface area contributed by atoms with Crippen molar-refractivity contribution in [2.45, 2.75) is 44.6 Å². The summed E-state index contributed by atoms with van der Waals surface area (Å²) in [4.78, 5) is 28.3. The number of hydrogen-bond donors (Lipinski definition) is 1. The van der Waals surface area contributed by atoms with Crippen LogP contribution in [0, 0.1) is 5.82 Å². The lowest BCUT2D eigenvalue weighted by Gasteiger charge is -2.32. The van der Waals surface area contributed by atoms with E-state index in [1.807, 2.05) is 62.4 Å². The van der Waals surface area contributed by atoms with Crippen molar-refractivity contribution in [3.63, 3.8) is 0 Å². The SMILES string of the molecule is CC(C)NC(=O)C(Cc1ccccc1)N(Cc1ccccc1F)C(=O)CSCc1cccc(Cl)c1. The lowest BCUT2D eigenvalue weighted by Crippen LogP contribution is -2.52. The third-order valence-electron chi connectivity index (χ3n) is 5.38. The van der Waals surface area contributed by atoms with E-state index in [1.54, 1.807) is 24.3 Å². The average Bonchev–Trinajstić information content (AvgIpc) is 2.82. The number of carbonyl (C=O) groups is 2. The summed E-state index contributed by atoms with van der Waals surface area (Å²) in [7, 11) is 0. The maximum absolute atomic E-state index is 14.6. The summed E-state index contributed by atoms with van der Waals surface area (Å²) in [6, 6.07) is 22.5. The molecule has 3 rings (SSSR count). The smallest absolute Gasteiger partial charge is 0.243 e. The van der Waals surface area contributed by atoms with Crippen molar-refractivity contribution in [3.05, 3.63) is 106 Å². The van der Waals surface area contributed by atoms with Crippen LogP contribution in [0.3, 0.4) is 0 Å². The normalized spacial score (nSPS) is 11.8. The predicted molar refractivity (Wildman–Crippen MR) is 142 cm³/mol. The largest absolute Gasteiger partial charge is 0.352 e. The summed E-state index contributed by atoms with van der Waals surface area (Å²) < 4.78 is 14.6. The second-order valence-electron chi connectivity index (χ2n) is 8.60. The van der Waals surface area contributed by atoms with Gasteiger partial charge in [-0.25, -0.2) is 4.39 Å². The van der Waals surface area contributed by atoms with Crippen LogP contribution >= 0.6 is 23.4 Å². The predicted octanol–water partition coefficient (Wildman–Crippen LogP) is 5.88. The maximum Gasteiger partial charge on any atom is 0.243 e. The van der Waals surface area contributed by atoms with Gasteiger partial charge in [0, 0.05) is 35.3 Å². The number of carbonyl (C=O) groups excluding carboxylic acids is 2. The molecule has 0 heterocycles. The van der Waals surface area contributed by atoms with Gasteiger partial charge in [-0.1, -0.05) is 72.3 Å². The molecule has 0 aliphatic heterocycles. The standard InChI is InChI=1S/C28H30ClFN2O2S/c1-20(2)31-28(34)26(16-21-9-4-3-5-10-21)32(17-23-12-6-7-14-25(23)30)27(33)19-35-18-22-11-8-13-24(29)15-22/h3-15,20,26H,16-19H2,1-2H3,(H,31,34). The van der Waals surface area contributed by atoms with Gasteiger partial charge in [0.15, 0.2) is 0 Å². The number of rotatable bonds is 11. The first-order chi connectivity index (χ1) is 16.8. The summed E-state index contributed by atoms with van der Waals surface area (Å²) in [5, 5.41) is 3.58. The minimum atomic E-state index is -0.779. The Labute approximate surface area is 215 Å². The molecule has 0 bridgehead atoms. The summed E-state index contributed by atoms with van der Waals surface area (Å²) in [5.74, 6) is -0.129. The summed E-state index contributed by atoms with van der Waals surface area (Å²) in [5.41, 5.74) is 2.31. The fourth-order valence-electron chi connectivity index (χ4n) is 3.71. The van der Waals surface area contributed by atoms with Crippen molar-refractivity contribution < 1.29 is 14.0 Å². The quantitative estimate of drug-likeness (QED) is 0.349. The zero-order chi connectivity index (χ0) is 25.2. The van der Waals surface area contributed by atoms with Gasteiger partial charge in [-0.3, -0.25) is 9.59 Å². The van der Waals surface area contributed by atoms with E-state index in [0.717, 1.165) is 11.1 Å². The van der Waals surface area contributed by atoms with Crippen molar-refractivity contribution in [1.29, 1.82) is 0 Å². The van der Waals surface area contributed by atoms with Gasteiger partial charge in [-0.05, 0) is 43.2 Å². The summed E-state index contributed by atoms with van der Waals surface area (Å²) in [6.45, 7) is 3.76. The highest BCUT2D eigenvalue weighted by atomic mass is 35.5. The molecular formula is C28H30ClFN2O2S. The summed E-state index contributed by atoms with van der Waals surface area (Å²) >= 11 is 7.51. The Morgan fingerprint density at radius 1 is 0.971 bits per heavy atom. The first kappa shape index (κ1) is 26.8. The number of benzene rings is 3. The molecule has 1 atom stereocenters. The van der Waals surface area contributed by atoms with Crippen LogP contribution < -0.4 is 5.32 Å². The highest BCUT2D eigenvalue weighted by Gasteiger charge is 2.31. The molecule has 3 aromatic rings. The molecule has 2 amide bonds. The van der Waals surface area contributed by atoms with Crippen molar-refractivity contribution >= 4 is 35.2 Å². The molecular weight excluding hydrogens is 483 g/mol. The second kappa shape index (κ2) is 13.3. The van der Waals surface area contributed by atoms with E-state index in [2.05, 4.69) is 5.32 Å². The number of hydrogen-bond acceptors (Lipinski definition) is 3. The van der Waals surface area contributed by atoms with Gasteiger partial charge in [-0.15, -0.1) is 11.8 Å². The highest BCUT2D eigenvalue weighted by molar-refractivity contribution is 7.99. The van der Waals surface area contributed by atoms with Gasteiger partial charge >= 0.3 is 0 Å². The molecule has 0 fully saturated rings. The van der Waals surface area contributed by atoms with E-state index in [-0.39, 0.29) is 30.2 Å². The van der Waals surface area contributed by atoms with Gasteiger partial charge in [-0.2, -0.15) is 0 Å². The Hall–Kier alpha value is -2.83. The van der Waals surface area contributed by atoms with Crippen LogP contribution in [-0.4, -0.2) is 34.6 Å². The number of halogens is 2. The van der Waals surface area contributed by atoms with Gasteiger partial charge in [0.1, 0.15) is 11.9 Å². The van der Waals surface area contributed by atoms with Crippen molar-refractivity contribution in [3.8, 4) is 0 Å². The van der Waals surface area contributed by atoms with E-state index >= 15 is 0 Å². The minimum Gasteiger partial charge on any atom is -0.352 e. The van der Waals surface area contributed by atoms with Crippen molar-refractivity contribution in [2.24, 2.45) is 0 Å². The fraction of sp³-hybridized carbons (Fsp3) is 0.286. The third-order valence-corrected chi connectivity index (χ3v) is 6.61. The van der Waals surface area contributed by atoms with Crippen molar-refractivity contribution in [1.82, 2.24) is 10.2 Å². The molecule has 7 heteroatoms. The van der Waals surface area contributed by atoms with E-state index < -0.39 is 11.9 Å². The van der Waals surface area contributed by atoms with Gasteiger partial charge in [0.2, 0.25) is 11.8 Å². The molecule has 4 nitrogen and oxygen atoms in total. The first-order valence-electron chi connectivity index (χ1n) is 11.5. The van der Waals surface area contributed by atoms with Crippen LogP contribution in [0.1, 0.15) is 30.5 Å². The lowest BCUT2D eigenvalue weighted by atomic mass is 10.0. The Kier molecular flexibility index (Phi) is 10.2. The molecule has 0 aromatic heterocycles. The monoisotopic (exact) mass is 512 g/mol. The molecule has 0 aliphatic carbocycles. The number of thioether (sulfide) groups is 1. The van der Waals surface area contributed by atoms with Gasteiger partial charge in [0.05, 0.1) is 5.75 Å². The highest BCUT2D eigenvalue weighted by Crippen LogP contribution is 2.21. The Morgan fingerprint density at radius 3 is 2.34 bits per heavy atom. The molecule has 0 aliphatic rings. The first-order valence-corrected chi connectivity index (χ1v) is 13.1. The molecule has 3 aromatic carbocycles. The van der Waals surface area contributed by atoms with Gasteiger partial charge in [0.25, 0.3) is 0 Å². The third kappa shape index (κ3) is 8.41. The maximum atomic E-state index is 14.6. The van der Waals surface area contributed by atoms with Crippen molar-refractivity contribution in [2.75, 3.05) is 5.75 Å². The lowest BCUT2D eigenvalue weighted by molar-refractivity contribution is -0.139. The zero-order valence-electron chi connectivity index (χ0n) is 19.9. The molecule has 0 radical (unpaired) electrons. The van der Waals surface area contributed by atoms with Gasteiger partial charge < -0.3 is 10.2 Å². The van der Waals surface area contributed by atoms with E-state index in [0.29, 0.717) is 22.8 Å². The second-order valence-corrected chi connectivity index (χ2v) is 10.0. The van der Waals surface area contributed by atoms with Crippen LogP contribution in [-0.2, 0) is 28.3 Å². The number of nitrogens with one attached hydrogen (secondary N) is 1. The Bertz CT molecular complexity index is 1130. The van der Waals surface area contributed by atoms with Crippen LogP contribution in [0.25, 0.3) is 0 Å². The molecule has 0 saturated heterocycles. The van der Waals surface area contributed by atoms with E-state index in [9.17, 15) is 14.0 Å². The molecule has 0 saturated carbocycles. The van der Waals surface area contributed by atoms with E-state index in [1.165, 1.54) is 22.7 Å².